The molecular formula is C22H31N7O2. The van der Waals surface area contributed by atoms with Crippen LogP contribution in [0.25, 0.3) is 11.2 Å². The number of pyridine rings is 1. The van der Waals surface area contributed by atoms with E-state index in [4.69, 9.17) is 4.74 Å². The number of carbonyl (C=O) groups excluding carboxylic acids is 1. The van der Waals surface area contributed by atoms with E-state index in [0.717, 1.165) is 23.3 Å². The maximum Gasteiger partial charge on any atom is 0.256 e. The quantitative estimate of drug-likeness (QED) is 0.601. The molecule has 0 spiro atoms. The van der Waals surface area contributed by atoms with Crippen LogP contribution >= 0.6 is 0 Å². The molecular weight excluding hydrogens is 394 g/mol. The molecule has 4 heterocycles. The Morgan fingerprint density at radius 2 is 2.10 bits per heavy atom. The van der Waals surface area contributed by atoms with E-state index in [1.54, 1.807) is 17.2 Å². The van der Waals surface area contributed by atoms with Gasteiger partial charge in [-0.25, -0.2) is 9.97 Å². The molecule has 4 rings (SSSR count). The van der Waals surface area contributed by atoms with Gasteiger partial charge in [-0.3, -0.25) is 9.48 Å². The number of fused-ring (bicyclic) bond motifs is 1. The maximum absolute atomic E-state index is 13.6. The monoisotopic (exact) mass is 425 g/mol. The number of nitrogens with zero attached hydrogens (tertiary/aromatic N) is 7. The number of rotatable bonds is 6. The summed E-state index contributed by atoms with van der Waals surface area (Å²) in [7, 11) is 5.90. The Labute approximate surface area is 182 Å². The Bertz CT molecular complexity index is 1060. The number of hydrogen-bond donors (Lipinski definition) is 0. The van der Waals surface area contributed by atoms with Crippen LogP contribution in [0.3, 0.4) is 0 Å². The molecule has 9 nitrogen and oxygen atoms in total. The molecule has 166 valence electrons. The average molecular weight is 426 g/mol. The van der Waals surface area contributed by atoms with E-state index < -0.39 is 0 Å². The molecule has 0 bridgehead atoms. The van der Waals surface area contributed by atoms with Crippen LogP contribution in [0.1, 0.15) is 35.8 Å². The third-order valence-electron chi connectivity index (χ3n) is 5.49. The SMILES string of the molecule is CC(C)Cn1cnc2cc(C(=O)N3CCO[C@@H](CN(C)C)[C@@H]3c3cnn(C)c3)cnc21. The molecule has 31 heavy (non-hydrogen) atoms. The molecule has 2 atom stereocenters. The van der Waals surface area contributed by atoms with Crippen molar-refractivity contribution in [2.45, 2.75) is 32.5 Å². The van der Waals surface area contributed by atoms with Gasteiger partial charge in [0.05, 0.1) is 36.8 Å². The van der Waals surface area contributed by atoms with Crippen molar-refractivity contribution in [3.63, 3.8) is 0 Å². The molecule has 0 unspecified atom stereocenters. The Kier molecular flexibility index (Phi) is 6.06. The van der Waals surface area contributed by atoms with Gasteiger partial charge in [-0.2, -0.15) is 5.10 Å². The lowest BCUT2D eigenvalue weighted by Crippen LogP contribution is -2.51. The number of ether oxygens (including phenoxy) is 1. The highest BCUT2D eigenvalue weighted by Crippen LogP contribution is 2.31. The molecule has 0 radical (unpaired) electrons. The lowest BCUT2D eigenvalue weighted by atomic mass is 9.99. The van der Waals surface area contributed by atoms with E-state index in [1.165, 1.54) is 0 Å². The van der Waals surface area contributed by atoms with Crippen molar-refractivity contribution in [2.75, 3.05) is 33.8 Å². The molecule has 1 aliphatic rings. The van der Waals surface area contributed by atoms with E-state index in [9.17, 15) is 4.79 Å². The van der Waals surface area contributed by atoms with Crippen molar-refractivity contribution < 1.29 is 9.53 Å². The summed E-state index contributed by atoms with van der Waals surface area (Å²) < 4.78 is 9.88. The summed E-state index contributed by atoms with van der Waals surface area (Å²) >= 11 is 0. The zero-order chi connectivity index (χ0) is 22.1. The smallest absolute Gasteiger partial charge is 0.256 e. The summed E-state index contributed by atoms with van der Waals surface area (Å²) in [5.74, 6) is 0.427. The molecule has 1 saturated heterocycles. The van der Waals surface area contributed by atoms with E-state index in [-0.39, 0.29) is 18.1 Å². The zero-order valence-electron chi connectivity index (χ0n) is 18.9. The van der Waals surface area contributed by atoms with Gasteiger partial charge >= 0.3 is 0 Å². The lowest BCUT2D eigenvalue weighted by molar-refractivity contribution is -0.0684. The first-order chi connectivity index (χ1) is 14.8. The van der Waals surface area contributed by atoms with Crippen LogP contribution < -0.4 is 0 Å². The second-order valence-electron chi connectivity index (χ2n) is 8.92. The second kappa shape index (κ2) is 8.76. The number of imidazole rings is 1. The van der Waals surface area contributed by atoms with Crippen molar-refractivity contribution in [3.8, 4) is 0 Å². The van der Waals surface area contributed by atoms with Crippen molar-refractivity contribution in [1.29, 1.82) is 0 Å². The topological polar surface area (TPSA) is 81.3 Å². The highest BCUT2D eigenvalue weighted by atomic mass is 16.5. The first-order valence-electron chi connectivity index (χ1n) is 10.7. The molecule has 0 aliphatic carbocycles. The maximum atomic E-state index is 13.6. The summed E-state index contributed by atoms with van der Waals surface area (Å²) in [4.78, 5) is 26.6. The van der Waals surface area contributed by atoms with Gasteiger partial charge in [0.15, 0.2) is 5.65 Å². The molecule has 1 aliphatic heterocycles. The molecule has 0 N–H and O–H groups in total. The summed E-state index contributed by atoms with van der Waals surface area (Å²) in [5.41, 5.74) is 3.06. The van der Waals surface area contributed by atoms with Crippen LogP contribution in [0.4, 0.5) is 0 Å². The minimum absolute atomic E-state index is 0.0614. The Morgan fingerprint density at radius 1 is 1.29 bits per heavy atom. The Balaban J connectivity index is 1.66. The Morgan fingerprint density at radius 3 is 2.77 bits per heavy atom. The molecule has 1 fully saturated rings. The Hall–Kier alpha value is -2.78. The van der Waals surface area contributed by atoms with Crippen LogP contribution in [0, 0.1) is 5.92 Å². The lowest BCUT2D eigenvalue weighted by Gasteiger charge is -2.41. The number of likely N-dealkylation sites (N-methyl/N-ethyl adjacent to an activating group) is 1. The number of aromatic nitrogens is 5. The van der Waals surface area contributed by atoms with Crippen LogP contribution in [0.2, 0.25) is 0 Å². The third kappa shape index (κ3) is 4.47. The highest BCUT2D eigenvalue weighted by Gasteiger charge is 2.38. The number of aryl methyl sites for hydroxylation is 1. The zero-order valence-corrected chi connectivity index (χ0v) is 18.9. The number of amides is 1. The first kappa shape index (κ1) is 21.5. The fourth-order valence-corrected chi connectivity index (χ4v) is 4.22. The average Bonchev–Trinajstić information content (AvgIpc) is 3.32. The predicted octanol–water partition coefficient (Wildman–Crippen LogP) is 1.96. The van der Waals surface area contributed by atoms with Gasteiger partial charge in [-0.1, -0.05) is 13.8 Å². The second-order valence-corrected chi connectivity index (χ2v) is 8.92. The molecule has 1 amide bonds. The molecule has 9 heteroatoms. The minimum Gasteiger partial charge on any atom is -0.373 e. The van der Waals surface area contributed by atoms with Crippen LogP contribution in [-0.2, 0) is 18.3 Å². The third-order valence-corrected chi connectivity index (χ3v) is 5.49. The normalized spacial score (nSPS) is 19.6. The number of hydrogen-bond acceptors (Lipinski definition) is 6. The van der Waals surface area contributed by atoms with Crippen molar-refractivity contribution in [2.24, 2.45) is 13.0 Å². The van der Waals surface area contributed by atoms with Crippen LogP contribution in [0.15, 0.2) is 31.0 Å². The van der Waals surface area contributed by atoms with E-state index >= 15 is 0 Å². The standard InChI is InChI=1S/C22H31N7O2/c1-15(2)11-28-14-24-18-8-16(9-23-21(18)28)22(30)29-6-7-31-19(13-26(3)4)20(29)17-10-25-27(5)12-17/h8-10,12,14-15,19-20H,6-7,11,13H2,1-5H3/t19-,20-/m0/s1. The first-order valence-corrected chi connectivity index (χ1v) is 10.7. The highest BCUT2D eigenvalue weighted by molar-refractivity contribution is 5.96. The van der Waals surface area contributed by atoms with Gasteiger partial charge < -0.3 is 19.1 Å². The summed E-state index contributed by atoms with van der Waals surface area (Å²) in [6.07, 6.45) is 7.10. The van der Waals surface area contributed by atoms with Gasteiger partial charge in [0.25, 0.3) is 5.91 Å². The van der Waals surface area contributed by atoms with E-state index in [2.05, 4.69) is 33.8 Å². The fourth-order valence-electron chi connectivity index (χ4n) is 4.22. The molecule has 3 aromatic rings. The van der Waals surface area contributed by atoms with Crippen molar-refractivity contribution in [3.05, 3.63) is 42.1 Å². The predicted molar refractivity (Wildman–Crippen MR) is 118 cm³/mol. The number of carbonyl (C=O) groups is 1. The van der Waals surface area contributed by atoms with Gasteiger partial charge in [0.2, 0.25) is 0 Å². The molecule has 0 saturated carbocycles. The van der Waals surface area contributed by atoms with Gasteiger partial charge in [-0.05, 0) is 26.1 Å². The summed E-state index contributed by atoms with van der Waals surface area (Å²) in [5, 5.41) is 4.32. The summed E-state index contributed by atoms with van der Waals surface area (Å²) in [6.45, 7) is 6.88. The van der Waals surface area contributed by atoms with Crippen LogP contribution in [0.5, 0.6) is 0 Å². The summed E-state index contributed by atoms with van der Waals surface area (Å²) in [6, 6.07) is 1.63. The van der Waals surface area contributed by atoms with Gasteiger partial charge in [0.1, 0.15) is 5.52 Å². The van der Waals surface area contributed by atoms with Crippen molar-refractivity contribution >= 4 is 17.1 Å². The molecule has 0 aromatic carbocycles. The number of morpholine rings is 1. The van der Waals surface area contributed by atoms with Crippen LogP contribution in [-0.4, -0.2) is 79.9 Å². The van der Waals surface area contributed by atoms with E-state index in [0.29, 0.717) is 31.2 Å². The van der Waals surface area contributed by atoms with Gasteiger partial charge in [0, 0.05) is 44.6 Å². The molecule has 3 aromatic heterocycles. The van der Waals surface area contributed by atoms with Gasteiger partial charge in [-0.15, -0.1) is 0 Å². The fraction of sp³-hybridized carbons (Fsp3) is 0.545. The minimum atomic E-state index is -0.216. The van der Waals surface area contributed by atoms with Crippen molar-refractivity contribution in [1.82, 2.24) is 34.1 Å². The largest absolute Gasteiger partial charge is 0.373 e. The van der Waals surface area contributed by atoms with E-state index in [1.807, 2.05) is 49.1 Å².